The molecule has 0 fully saturated rings. The molecular formula is C20H13FN2O3S. The lowest BCUT2D eigenvalue weighted by atomic mass is 10.2. The first-order chi connectivity index (χ1) is 13.1. The number of fused-ring (bicyclic) bond motifs is 2. The molecule has 0 bridgehead atoms. The van der Waals surface area contributed by atoms with Crippen LogP contribution >= 0.6 is 11.3 Å². The standard InChI is InChI=1S/C20H13FN2O3S/c1-2-9-23-15-8-7-12(21)10-17(15)27-20(23)22-19(25)14-11-26-16-6-4-3-5-13(16)18(14)24/h2-8,10-11H,1,9H2. The van der Waals surface area contributed by atoms with E-state index in [-0.39, 0.29) is 11.4 Å². The van der Waals surface area contributed by atoms with Crippen molar-refractivity contribution in [2.45, 2.75) is 6.54 Å². The second-order valence-corrected chi connectivity index (χ2v) is 6.80. The van der Waals surface area contributed by atoms with Crippen molar-refractivity contribution >= 4 is 38.4 Å². The highest BCUT2D eigenvalue weighted by atomic mass is 32.1. The van der Waals surface area contributed by atoms with Gasteiger partial charge < -0.3 is 8.98 Å². The maximum atomic E-state index is 13.5. The molecule has 2 aromatic heterocycles. The predicted molar refractivity (Wildman–Crippen MR) is 102 cm³/mol. The lowest BCUT2D eigenvalue weighted by Crippen LogP contribution is -2.19. The highest BCUT2D eigenvalue weighted by molar-refractivity contribution is 7.16. The van der Waals surface area contributed by atoms with Gasteiger partial charge in [0.05, 0.1) is 15.6 Å². The number of nitrogens with zero attached hydrogens (tertiary/aromatic N) is 2. The number of aromatic nitrogens is 1. The molecule has 2 aromatic carbocycles. The average Bonchev–Trinajstić information content (AvgIpc) is 2.98. The van der Waals surface area contributed by atoms with Crippen LogP contribution in [0, 0.1) is 5.82 Å². The van der Waals surface area contributed by atoms with E-state index in [0.717, 1.165) is 11.8 Å². The van der Waals surface area contributed by atoms with Crippen LogP contribution < -0.4 is 10.2 Å². The third-order valence-electron chi connectivity index (χ3n) is 4.06. The van der Waals surface area contributed by atoms with Crippen LogP contribution in [0.3, 0.4) is 0 Å². The van der Waals surface area contributed by atoms with Gasteiger partial charge in [0.15, 0.2) is 4.80 Å². The molecule has 0 aliphatic rings. The second-order valence-electron chi connectivity index (χ2n) is 5.79. The van der Waals surface area contributed by atoms with E-state index in [9.17, 15) is 14.0 Å². The lowest BCUT2D eigenvalue weighted by Gasteiger charge is -2.01. The highest BCUT2D eigenvalue weighted by Gasteiger charge is 2.15. The molecule has 0 N–H and O–H groups in total. The smallest absolute Gasteiger partial charge is 0.286 e. The first-order valence-corrected chi connectivity index (χ1v) is 8.89. The van der Waals surface area contributed by atoms with Gasteiger partial charge in [-0.05, 0) is 30.3 Å². The number of amides is 1. The van der Waals surface area contributed by atoms with Crippen LogP contribution in [0.1, 0.15) is 10.4 Å². The fourth-order valence-corrected chi connectivity index (χ4v) is 3.87. The van der Waals surface area contributed by atoms with E-state index in [2.05, 4.69) is 11.6 Å². The molecule has 2 heterocycles. The molecule has 0 atom stereocenters. The second kappa shape index (κ2) is 6.77. The zero-order valence-electron chi connectivity index (χ0n) is 14.0. The number of carbonyl (C=O) groups is 1. The van der Waals surface area contributed by atoms with Gasteiger partial charge in [-0.15, -0.1) is 6.58 Å². The van der Waals surface area contributed by atoms with Gasteiger partial charge in [-0.3, -0.25) is 9.59 Å². The van der Waals surface area contributed by atoms with Crippen molar-refractivity contribution < 1.29 is 13.6 Å². The van der Waals surface area contributed by atoms with E-state index in [1.807, 2.05) is 0 Å². The Morgan fingerprint density at radius 3 is 2.93 bits per heavy atom. The third-order valence-corrected chi connectivity index (χ3v) is 5.11. The van der Waals surface area contributed by atoms with Crippen LogP contribution in [0.15, 0.2) is 75.6 Å². The minimum absolute atomic E-state index is 0.150. The van der Waals surface area contributed by atoms with Crippen LogP contribution in [0.4, 0.5) is 4.39 Å². The Balaban J connectivity index is 1.90. The molecule has 0 aliphatic carbocycles. The fraction of sp³-hybridized carbons (Fsp3) is 0.0500. The summed E-state index contributed by atoms with van der Waals surface area (Å²) >= 11 is 1.17. The topological polar surface area (TPSA) is 64.6 Å². The molecular weight excluding hydrogens is 367 g/mol. The normalized spacial score (nSPS) is 12.0. The molecule has 4 aromatic rings. The molecule has 0 radical (unpaired) electrons. The van der Waals surface area contributed by atoms with Crippen molar-refractivity contribution in [3.8, 4) is 0 Å². The van der Waals surface area contributed by atoms with Crippen LogP contribution in [-0.4, -0.2) is 10.5 Å². The molecule has 27 heavy (non-hydrogen) atoms. The van der Waals surface area contributed by atoms with Gasteiger partial charge in [-0.1, -0.05) is 29.5 Å². The van der Waals surface area contributed by atoms with Crippen molar-refractivity contribution in [1.82, 2.24) is 4.57 Å². The number of hydrogen-bond donors (Lipinski definition) is 0. The number of thiazole rings is 1. The molecule has 5 nitrogen and oxygen atoms in total. The summed E-state index contributed by atoms with van der Waals surface area (Å²) < 4.78 is 21.3. The van der Waals surface area contributed by atoms with E-state index in [1.54, 1.807) is 41.0 Å². The molecule has 7 heteroatoms. The van der Waals surface area contributed by atoms with Crippen molar-refractivity contribution in [3.05, 3.63) is 87.8 Å². The summed E-state index contributed by atoms with van der Waals surface area (Å²) in [7, 11) is 0. The first-order valence-electron chi connectivity index (χ1n) is 8.08. The van der Waals surface area contributed by atoms with Crippen LogP contribution in [0.2, 0.25) is 0 Å². The van der Waals surface area contributed by atoms with Crippen LogP contribution in [0.25, 0.3) is 21.2 Å². The number of hydrogen-bond acceptors (Lipinski definition) is 4. The number of halogens is 1. The van der Waals surface area contributed by atoms with Gasteiger partial charge in [0.1, 0.15) is 23.2 Å². The largest absolute Gasteiger partial charge is 0.463 e. The number of para-hydroxylation sites is 1. The zero-order chi connectivity index (χ0) is 19.0. The maximum Gasteiger partial charge on any atom is 0.286 e. The van der Waals surface area contributed by atoms with Crippen molar-refractivity contribution in [2.24, 2.45) is 4.99 Å². The third kappa shape index (κ3) is 3.02. The molecule has 0 saturated heterocycles. The fourth-order valence-electron chi connectivity index (χ4n) is 2.81. The average molecular weight is 380 g/mol. The SMILES string of the molecule is C=CCn1c(=NC(=O)c2coc3ccccc3c2=O)sc2cc(F)ccc21. The highest BCUT2D eigenvalue weighted by Crippen LogP contribution is 2.19. The van der Waals surface area contributed by atoms with Crippen molar-refractivity contribution in [3.63, 3.8) is 0 Å². The summed E-state index contributed by atoms with van der Waals surface area (Å²) in [6.07, 6.45) is 2.78. The zero-order valence-corrected chi connectivity index (χ0v) is 14.8. The van der Waals surface area contributed by atoms with E-state index in [0.29, 0.717) is 27.0 Å². The monoisotopic (exact) mass is 380 g/mol. The van der Waals surface area contributed by atoms with Gasteiger partial charge in [0.25, 0.3) is 5.91 Å². The van der Waals surface area contributed by atoms with Crippen molar-refractivity contribution in [1.29, 1.82) is 0 Å². The molecule has 0 aliphatic heterocycles. The van der Waals surface area contributed by atoms with E-state index in [1.165, 1.54) is 23.5 Å². The molecule has 0 spiro atoms. The minimum Gasteiger partial charge on any atom is -0.463 e. The summed E-state index contributed by atoms with van der Waals surface area (Å²) in [6, 6.07) is 11.0. The number of allylic oxidation sites excluding steroid dienone is 1. The van der Waals surface area contributed by atoms with Crippen LogP contribution in [0.5, 0.6) is 0 Å². The van der Waals surface area contributed by atoms with Gasteiger partial charge in [0, 0.05) is 6.54 Å². The Morgan fingerprint density at radius 1 is 1.30 bits per heavy atom. The number of benzene rings is 2. The van der Waals surface area contributed by atoms with Gasteiger partial charge >= 0.3 is 0 Å². The quantitative estimate of drug-likeness (QED) is 0.507. The van der Waals surface area contributed by atoms with Crippen molar-refractivity contribution in [2.75, 3.05) is 0 Å². The summed E-state index contributed by atoms with van der Waals surface area (Å²) in [4.78, 5) is 29.7. The van der Waals surface area contributed by atoms with E-state index < -0.39 is 11.3 Å². The lowest BCUT2D eigenvalue weighted by molar-refractivity contribution is 0.0995. The molecule has 4 rings (SSSR count). The summed E-state index contributed by atoms with van der Waals surface area (Å²) in [6.45, 7) is 4.10. The summed E-state index contributed by atoms with van der Waals surface area (Å²) in [5, 5.41) is 0.316. The first kappa shape index (κ1) is 17.1. The Kier molecular flexibility index (Phi) is 4.29. The van der Waals surface area contributed by atoms with Gasteiger partial charge in [-0.2, -0.15) is 4.99 Å². The molecule has 0 unspecified atom stereocenters. The summed E-state index contributed by atoms with van der Waals surface area (Å²) in [5.74, 6) is -1.08. The van der Waals surface area contributed by atoms with Gasteiger partial charge in [0.2, 0.25) is 5.43 Å². The van der Waals surface area contributed by atoms with Gasteiger partial charge in [-0.25, -0.2) is 4.39 Å². The molecule has 1 amide bonds. The Bertz CT molecular complexity index is 1330. The van der Waals surface area contributed by atoms with E-state index >= 15 is 0 Å². The predicted octanol–water partition coefficient (Wildman–Crippen LogP) is 3.88. The Labute approximate surface area is 156 Å². The molecule has 134 valence electrons. The molecule has 0 saturated carbocycles. The number of carbonyl (C=O) groups excluding carboxylic acids is 1. The van der Waals surface area contributed by atoms with Crippen LogP contribution in [-0.2, 0) is 6.54 Å². The Morgan fingerprint density at radius 2 is 2.11 bits per heavy atom. The minimum atomic E-state index is -0.709. The Hall–Kier alpha value is -3.32. The number of rotatable bonds is 3. The van der Waals surface area contributed by atoms with E-state index in [4.69, 9.17) is 4.42 Å². The maximum absolute atomic E-state index is 13.5. The summed E-state index contributed by atoms with van der Waals surface area (Å²) in [5.41, 5.74) is 0.548.